The van der Waals surface area contributed by atoms with E-state index in [-0.39, 0.29) is 5.97 Å². The Labute approximate surface area is 199 Å². The first kappa shape index (κ1) is 21.4. The van der Waals surface area contributed by atoms with Gasteiger partial charge in [-0.3, -0.25) is 4.68 Å². The first-order chi connectivity index (χ1) is 16.8. The molecule has 0 fully saturated rings. The molecule has 1 unspecified atom stereocenters. The molecule has 5 rings (SSSR count). The first-order valence-corrected chi connectivity index (χ1v) is 11.3. The molecule has 34 heavy (non-hydrogen) atoms. The van der Waals surface area contributed by atoms with Crippen molar-refractivity contribution in [3.63, 3.8) is 0 Å². The third kappa shape index (κ3) is 4.81. The molecule has 0 saturated carbocycles. The average Bonchev–Trinajstić information content (AvgIpc) is 3.34. The molecule has 0 aliphatic heterocycles. The highest BCUT2D eigenvalue weighted by atomic mass is 16.5. The van der Waals surface area contributed by atoms with Crippen LogP contribution in [-0.2, 0) is 11.3 Å². The Kier molecular flexibility index (Phi) is 6.30. The highest BCUT2D eigenvalue weighted by molar-refractivity contribution is 5.89. The molecule has 4 heteroatoms. The van der Waals surface area contributed by atoms with Crippen molar-refractivity contribution >= 4 is 5.97 Å². The lowest BCUT2D eigenvalue weighted by atomic mass is 10.1. The number of rotatable bonds is 7. The van der Waals surface area contributed by atoms with Crippen LogP contribution >= 0.6 is 0 Å². The molecule has 0 spiro atoms. The van der Waals surface area contributed by atoms with E-state index in [0.29, 0.717) is 12.1 Å². The van der Waals surface area contributed by atoms with E-state index in [1.165, 1.54) is 0 Å². The van der Waals surface area contributed by atoms with Crippen molar-refractivity contribution in [1.29, 1.82) is 0 Å². The largest absolute Gasteiger partial charge is 0.452 e. The minimum absolute atomic E-state index is 0.355. The van der Waals surface area contributed by atoms with Gasteiger partial charge in [0.1, 0.15) is 6.10 Å². The number of ether oxygens (including phenoxy) is 1. The van der Waals surface area contributed by atoms with E-state index in [9.17, 15) is 4.79 Å². The summed E-state index contributed by atoms with van der Waals surface area (Å²) in [5, 5.41) is 4.93. The molecule has 0 aliphatic carbocycles. The number of carbonyl (C=O) groups excluding carboxylic acids is 1. The summed E-state index contributed by atoms with van der Waals surface area (Å²) in [7, 11) is 0. The summed E-state index contributed by atoms with van der Waals surface area (Å²) >= 11 is 0. The SMILES string of the molecule is O=C(OC(Cn1nc(-c2ccccc2)cc1-c1ccccc1)c1ccccc1)c1ccccc1. The van der Waals surface area contributed by atoms with Gasteiger partial charge in [-0.1, -0.05) is 109 Å². The van der Waals surface area contributed by atoms with Crippen LogP contribution in [-0.4, -0.2) is 15.7 Å². The van der Waals surface area contributed by atoms with Gasteiger partial charge in [0, 0.05) is 5.56 Å². The maximum Gasteiger partial charge on any atom is 0.338 e. The summed E-state index contributed by atoms with van der Waals surface area (Å²) in [5.74, 6) is -0.355. The van der Waals surface area contributed by atoms with E-state index in [1.54, 1.807) is 12.1 Å². The summed E-state index contributed by atoms with van der Waals surface area (Å²) in [6.07, 6.45) is -0.500. The minimum atomic E-state index is -0.500. The molecule has 0 aliphatic rings. The zero-order chi connectivity index (χ0) is 23.2. The van der Waals surface area contributed by atoms with Gasteiger partial charge in [-0.2, -0.15) is 5.10 Å². The standard InChI is InChI=1S/C30H24N2O2/c33-30(26-19-11-4-12-20-26)34-29(25-17-9-3-10-18-25)22-32-28(24-15-7-2-8-16-24)21-27(31-32)23-13-5-1-6-14-23/h1-21,29H,22H2. The molecule has 0 N–H and O–H groups in total. The van der Waals surface area contributed by atoms with Crippen molar-refractivity contribution in [2.24, 2.45) is 0 Å². The highest BCUT2D eigenvalue weighted by Gasteiger charge is 2.22. The van der Waals surface area contributed by atoms with E-state index in [2.05, 4.69) is 18.2 Å². The van der Waals surface area contributed by atoms with Crippen LogP contribution in [0.4, 0.5) is 0 Å². The van der Waals surface area contributed by atoms with E-state index in [1.807, 2.05) is 102 Å². The quantitative estimate of drug-likeness (QED) is 0.259. The van der Waals surface area contributed by atoms with Crippen LogP contribution in [0.1, 0.15) is 22.0 Å². The number of aromatic nitrogens is 2. The third-order valence-corrected chi connectivity index (χ3v) is 5.69. The molecule has 0 saturated heterocycles. The molecule has 1 heterocycles. The van der Waals surface area contributed by atoms with E-state index >= 15 is 0 Å². The molecule has 0 bridgehead atoms. The fourth-order valence-corrected chi connectivity index (χ4v) is 3.95. The molecule has 5 aromatic rings. The van der Waals surface area contributed by atoms with Crippen molar-refractivity contribution in [2.45, 2.75) is 12.6 Å². The van der Waals surface area contributed by atoms with Crippen LogP contribution in [0, 0.1) is 0 Å². The monoisotopic (exact) mass is 444 g/mol. The number of carbonyl (C=O) groups is 1. The van der Waals surface area contributed by atoms with Gasteiger partial charge >= 0.3 is 5.97 Å². The van der Waals surface area contributed by atoms with Crippen LogP contribution in [0.2, 0.25) is 0 Å². The maximum atomic E-state index is 12.9. The zero-order valence-corrected chi connectivity index (χ0v) is 18.6. The second kappa shape index (κ2) is 10.0. The van der Waals surface area contributed by atoms with Gasteiger partial charge in [0.15, 0.2) is 0 Å². The lowest BCUT2D eigenvalue weighted by Crippen LogP contribution is -2.18. The van der Waals surface area contributed by atoms with E-state index < -0.39 is 6.10 Å². The minimum Gasteiger partial charge on any atom is -0.452 e. The second-order valence-corrected chi connectivity index (χ2v) is 8.00. The maximum absolute atomic E-state index is 12.9. The molecule has 1 atom stereocenters. The number of nitrogens with zero attached hydrogens (tertiary/aromatic N) is 2. The van der Waals surface area contributed by atoms with Gasteiger partial charge in [0.25, 0.3) is 0 Å². The van der Waals surface area contributed by atoms with Gasteiger partial charge < -0.3 is 4.74 Å². The molecular weight excluding hydrogens is 420 g/mol. The van der Waals surface area contributed by atoms with Crippen LogP contribution < -0.4 is 0 Å². The van der Waals surface area contributed by atoms with Gasteiger partial charge in [-0.25, -0.2) is 4.79 Å². The smallest absolute Gasteiger partial charge is 0.338 e. The average molecular weight is 445 g/mol. The predicted molar refractivity (Wildman–Crippen MR) is 134 cm³/mol. The fraction of sp³-hybridized carbons (Fsp3) is 0.0667. The Morgan fingerprint density at radius 3 is 1.85 bits per heavy atom. The normalized spacial score (nSPS) is 11.6. The zero-order valence-electron chi connectivity index (χ0n) is 18.6. The first-order valence-electron chi connectivity index (χ1n) is 11.3. The molecular formula is C30H24N2O2. The van der Waals surface area contributed by atoms with Crippen molar-refractivity contribution in [2.75, 3.05) is 0 Å². The Morgan fingerprint density at radius 2 is 1.24 bits per heavy atom. The van der Waals surface area contributed by atoms with E-state index in [4.69, 9.17) is 9.84 Å². The Morgan fingerprint density at radius 1 is 0.706 bits per heavy atom. The van der Waals surface area contributed by atoms with E-state index in [0.717, 1.165) is 28.1 Å². The lowest BCUT2D eigenvalue weighted by molar-refractivity contribution is 0.0248. The number of esters is 1. The molecule has 0 amide bonds. The Hall–Kier alpha value is -4.44. The Balaban J connectivity index is 1.53. The predicted octanol–water partition coefficient (Wildman–Crippen LogP) is 6.82. The summed E-state index contributed by atoms with van der Waals surface area (Å²) in [5.41, 5.74) is 5.38. The van der Waals surface area contributed by atoms with Gasteiger partial charge in [-0.15, -0.1) is 0 Å². The van der Waals surface area contributed by atoms with Crippen molar-refractivity contribution in [3.05, 3.63) is 139 Å². The number of hydrogen-bond acceptors (Lipinski definition) is 3. The van der Waals surface area contributed by atoms with Crippen LogP contribution in [0.3, 0.4) is 0 Å². The van der Waals surface area contributed by atoms with Crippen molar-refractivity contribution in [1.82, 2.24) is 9.78 Å². The molecule has 4 aromatic carbocycles. The van der Waals surface area contributed by atoms with Gasteiger partial charge in [-0.05, 0) is 29.3 Å². The van der Waals surface area contributed by atoms with Gasteiger partial charge in [0.2, 0.25) is 0 Å². The molecule has 1 aromatic heterocycles. The van der Waals surface area contributed by atoms with Crippen LogP contribution in [0.25, 0.3) is 22.5 Å². The van der Waals surface area contributed by atoms with Crippen molar-refractivity contribution < 1.29 is 9.53 Å². The summed E-state index contributed by atoms with van der Waals surface area (Å²) in [6.45, 7) is 0.389. The second-order valence-electron chi connectivity index (χ2n) is 8.00. The number of hydrogen-bond donors (Lipinski definition) is 0. The summed E-state index contributed by atoms with van der Waals surface area (Å²) < 4.78 is 7.97. The van der Waals surface area contributed by atoms with Crippen LogP contribution in [0.5, 0.6) is 0 Å². The lowest BCUT2D eigenvalue weighted by Gasteiger charge is -2.20. The Bertz CT molecular complexity index is 1350. The molecule has 4 nitrogen and oxygen atoms in total. The third-order valence-electron chi connectivity index (χ3n) is 5.69. The molecule has 0 radical (unpaired) electrons. The molecule has 166 valence electrons. The van der Waals surface area contributed by atoms with Gasteiger partial charge in [0.05, 0.1) is 23.5 Å². The number of benzene rings is 4. The fourth-order valence-electron chi connectivity index (χ4n) is 3.95. The van der Waals surface area contributed by atoms with Crippen molar-refractivity contribution in [3.8, 4) is 22.5 Å². The topological polar surface area (TPSA) is 44.1 Å². The summed E-state index contributed by atoms with van der Waals surface area (Å²) in [6, 6.07) is 41.2. The van der Waals surface area contributed by atoms with Crippen LogP contribution in [0.15, 0.2) is 127 Å². The summed E-state index contributed by atoms with van der Waals surface area (Å²) in [4.78, 5) is 12.9. The highest BCUT2D eigenvalue weighted by Crippen LogP contribution is 2.29.